The van der Waals surface area contributed by atoms with Crippen molar-refractivity contribution < 1.29 is 0 Å². The van der Waals surface area contributed by atoms with Gasteiger partial charge in [0, 0.05) is 33.2 Å². The molecule has 1 spiro atoms. The molecule has 3 fully saturated rings. The summed E-state index contributed by atoms with van der Waals surface area (Å²) in [7, 11) is 1.93. The van der Waals surface area contributed by atoms with Gasteiger partial charge in [-0.25, -0.2) is 0 Å². The summed E-state index contributed by atoms with van der Waals surface area (Å²) in [5.74, 6) is 1.82. The van der Waals surface area contributed by atoms with Crippen molar-refractivity contribution >= 4 is 29.9 Å². The minimum Gasteiger partial charge on any atom is -0.356 e. The Hall–Kier alpha value is -0.0400. The van der Waals surface area contributed by atoms with Crippen LogP contribution in [0.25, 0.3) is 0 Å². The van der Waals surface area contributed by atoms with Crippen LogP contribution in [0.5, 0.6) is 0 Å². The molecule has 2 aliphatic heterocycles. The normalized spacial score (nSPS) is 25.8. The standard InChI is InChI=1S/C18H34N4.HI/c1-16(14-21-10-4-3-5-11-21)13-20-17(19-2)22-12-9-18(15-22)7-6-8-18;/h16H,3-15H2,1-2H3,(H,19,20);1H. The Balaban J connectivity index is 0.00000192. The van der Waals surface area contributed by atoms with Gasteiger partial charge in [0.2, 0.25) is 0 Å². The monoisotopic (exact) mass is 434 g/mol. The van der Waals surface area contributed by atoms with Crippen LogP contribution in [0.1, 0.15) is 51.9 Å². The number of piperidine rings is 1. The molecule has 23 heavy (non-hydrogen) atoms. The highest BCUT2D eigenvalue weighted by atomic mass is 127. The van der Waals surface area contributed by atoms with E-state index in [0.717, 1.165) is 12.5 Å². The summed E-state index contributed by atoms with van der Waals surface area (Å²) in [5.41, 5.74) is 0.650. The molecule has 0 radical (unpaired) electrons. The predicted molar refractivity (Wildman–Crippen MR) is 109 cm³/mol. The van der Waals surface area contributed by atoms with E-state index in [4.69, 9.17) is 0 Å². The largest absolute Gasteiger partial charge is 0.356 e. The van der Waals surface area contributed by atoms with Gasteiger partial charge >= 0.3 is 0 Å². The average Bonchev–Trinajstić information content (AvgIpc) is 2.95. The topological polar surface area (TPSA) is 30.9 Å². The van der Waals surface area contributed by atoms with Crippen LogP contribution < -0.4 is 5.32 Å². The molecule has 0 amide bonds. The summed E-state index contributed by atoms with van der Waals surface area (Å²) in [6.07, 6.45) is 9.88. The number of hydrogen-bond acceptors (Lipinski definition) is 2. The van der Waals surface area contributed by atoms with Crippen LogP contribution in [-0.4, -0.2) is 62.1 Å². The number of guanidine groups is 1. The molecule has 2 saturated heterocycles. The Bertz CT molecular complexity index is 388. The molecule has 3 rings (SSSR count). The van der Waals surface area contributed by atoms with Gasteiger partial charge in [-0.05, 0) is 56.5 Å². The van der Waals surface area contributed by atoms with Gasteiger partial charge < -0.3 is 15.1 Å². The van der Waals surface area contributed by atoms with Crippen molar-refractivity contribution in [3.63, 3.8) is 0 Å². The van der Waals surface area contributed by atoms with Gasteiger partial charge in [-0.2, -0.15) is 0 Å². The Kier molecular flexibility index (Phi) is 7.45. The SMILES string of the molecule is CN=C(NCC(C)CN1CCCCC1)N1CCC2(CCC2)C1.I. The van der Waals surface area contributed by atoms with Crippen molar-refractivity contribution in [1.82, 2.24) is 15.1 Å². The van der Waals surface area contributed by atoms with Gasteiger partial charge in [-0.15, -0.1) is 24.0 Å². The van der Waals surface area contributed by atoms with Crippen molar-refractivity contribution in [2.45, 2.75) is 51.9 Å². The Morgan fingerprint density at radius 1 is 1.09 bits per heavy atom. The lowest BCUT2D eigenvalue weighted by Gasteiger charge is -2.38. The van der Waals surface area contributed by atoms with E-state index < -0.39 is 0 Å². The van der Waals surface area contributed by atoms with Gasteiger partial charge in [-0.3, -0.25) is 4.99 Å². The molecule has 2 heterocycles. The first-order valence-corrected chi connectivity index (χ1v) is 9.39. The van der Waals surface area contributed by atoms with E-state index in [1.807, 2.05) is 7.05 Å². The first-order valence-electron chi connectivity index (χ1n) is 9.39. The summed E-state index contributed by atoms with van der Waals surface area (Å²) < 4.78 is 0. The Labute approximate surface area is 159 Å². The number of aliphatic imine (C=N–C) groups is 1. The van der Waals surface area contributed by atoms with E-state index in [0.29, 0.717) is 11.3 Å². The Morgan fingerprint density at radius 3 is 2.39 bits per heavy atom. The molecular weight excluding hydrogens is 399 g/mol. The number of nitrogens with zero attached hydrogens (tertiary/aromatic N) is 3. The molecule has 1 aliphatic carbocycles. The third-order valence-electron chi connectivity index (χ3n) is 5.99. The molecule has 1 atom stereocenters. The maximum Gasteiger partial charge on any atom is 0.193 e. The van der Waals surface area contributed by atoms with Gasteiger partial charge in [0.05, 0.1) is 0 Å². The first-order chi connectivity index (χ1) is 10.7. The van der Waals surface area contributed by atoms with Gasteiger partial charge in [-0.1, -0.05) is 19.8 Å². The van der Waals surface area contributed by atoms with Crippen LogP contribution in [0.2, 0.25) is 0 Å². The lowest BCUT2D eigenvalue weighted by Crippen LogP contribution is -2.45. The van der Waals surface area contributed by atoms with Crippen LogP contribution >= 0.6 is 24.0 Å². The van der Waals surface area contributed by atoms with Crippen LogP contribution in [0.4, 0.5) is 0 Å². The minimum absolute atomic E-state index is 0. The molecule has 5 heteroatoms. The second-order valence-corrected chi connectivity index (χ2v) is 7.92. The minimum atomic E-state index is 0. The van der Waals surface area contributed by atoms with Crippen molar-refractivity contribution in [1.29, 1.82) is 0 Å². The zero-order valence-electron chi connectivity index (χ0n) is 15.0. The number of rotatable bonds is 4. The molecule has 1 N–H and O–H groups in total. The van der Waals surface area contributed by atoms with Crippen LogP contribution in [-0.2, 0) is 0 Å². The quantitative estimate of drug-likeness (QED) is 0.419. The highest BCUT2D eigenvalue weighted by Crippen LogP contribution is 2.47. The van der Waals surface area contributed by atoms with E-state index in [2.05, 4.69) is 27.0 Å². The smallest absolute Gasteiger partial charge is 0.193 e. The molecular formula is C18H35IN4. The summed E-state index contributed by atoms with van der Waals surface area (Å²) in [6, 6.07) is 0. The molecule has 4 nitrogen and oxygen atoms in total. The van der Waals surface area contributed by atoms with Crippen molar-refractivity contribution in [3.05, 3.63) is 0 Å². The second-order valence-electron chi connectivity index (χ2n) is 7.92. The summed E-state index contributed by atoms with van der Waals surface area (Å²) in [4.78, 5) is 9.66. The third kappa shape index (κ3) is 4.97. The molecule has 134 valence electrons. The number of hydrogen-bond donors (Lipinski definition) is 1. The predicted octanol–water partition coefficient (Wildman–Crippen LogP) is 3.18. The second kappa shape index (κ2) is 8.88. The fourth-order valence-corrected chi connectivity index (χ4v) is 4.45. The maximum absolute atomic E-state index is 4.53. The molecule has 0 bridgehead atoms. The molecule has 3 aliphatic rings. The van der Waals surface area contributed by atoms with Gasteiger partial charge in [0.15, 0.2) is 5.96 Å². The van der Waals surface area contributed by atoms with Crippen molar-refractivity contribution in [3.8, 4) is 0 Å². The van der Waals surface area contributed by atoms with E-state index in [9.17, 15) is 0 Å². The number of likely N-dealkylation sites (tertiary alicyclic amines) is 2. The van der Waals surface area contributed by atoms with Crippen LogP contribution in [0, 0.1) is 11.3 Å². The summed E-state index contributed by atoms with van der Waals surface area (Å²) in [5, 5.41) is 3.64. The zero-order valence-corrected chi connectivity index (χ0v) is 17.3. The number of halogens is 1. The van der Waals surface area contributed by atoms with E-state index in [1.165, 1.54) is 77.7 Å². The van der Waals surface area contributed by atoms with E-state index in [-0.39, 0.29) is 24.0 Å². The summed E-state index contributed by atoms with van der Waals surface area (Å²) >= 11 is 0. The lowest BCUT2D eigenvalue weighted by atomic mass is 9.68. The molecule has 1 unspecified atom stereocenters. The highest BCUT2D eigenvalue weighted by Gasteiger charge is 2.43. The fourth-order valence-electron chi connectivity index (χ4n) is 4.45. The maximum atomic E-state index is 4.53. The number of nitrogens with one attached hydrogen (secondary N) is 1. The van der Waals surface area contributed by atoms with Crippen LogP contribution in [0.3, 0.4) is 0 Å². The molecule has 1 saturated carbocycles. The molecule has 0 aromatic rings. The van der Waals surface area contributed by atoms with E-state index in [1.54, 1.807) is 0 Å². The summed E-state index contributed by atoms with van der Waals surface area (Å²) in [6.45, 7) is 9.67. The van der Waals surface area contributed by atoms with Crippen molar-refractivity contribution in [2.75, 3.05) is 46.3 Å². The first kappa shape index (κ1) is 19.3. The van der Waals surface area contributed by atoms with E-state index >= 15 is 0 Å². The van der Waals surface area contributed by atoms with Gasteiger partial charge in [0.1, 0.15) is 0 Å². The third-order valence-corrected chi connectivity index (χ3v) is 5.99. The van der Waals surface area contributed by atoms with Crippen LogP contribution in [0.15, 0.2) is 4.99 Å². The lowest BCUT2D eigenvalue weighted by molar-refractivity contribution is 0.151. The zero-order chi connectivity index (χ0) is 15.4. The average molecular weight is 434 g/mol. The highest BCUT2D eigenvalue weighted by molar-refractivity contribution is 14.0. The fraction of sp³-hybridized carbons (Fsp3) is 0.944. The molecule has 0 aromatic heterocycles. The molecule has 0 aromatic carbocycles. The van der Waals surface area contributed by atoms with Crippen molar-refractivity contribution in [2.24, 2.45) is 16.3 Å². The Morgan fingerprint density at radius 2 is 1.83 bits per heavy atom. The van der Waals surface area contributed by atoms with Gasteiger partial charge in [0.25, 0.3) is 0 Å².